The first-order chi connectivity index (χ1) is 14.1. The number of amides is 2. The summed E-state index contributed by atoms with van der Waals surface area (Å²) in [5, 5.41) is 15.1. The van der Waals surface area contributed by atoms with Crippen LogP contribution in [0.15, 0.2) is 41.8 Å². The van der Waals surface area contributed by atoms with E-state index in [-0.39, 0.29) is 17.7 Å². The molecule has 150 valence electrons. The zero-order valence-electron chi connectivity index (χ0n) is 15.5. The van der Waals surface area contributed by atoms with E-state index in [1.165, 1.54) is 22.7 Å². The van der Waals surface area contributed by atoms with Gasteiger partial charge >= 0.3 is 0 Å². The minimum atomic E-state index is -0.119. The van der Waals surface area contributed by atoms with Crippen LogP contribution in [0.25, 0.3) is 0 Å². The van der Waals surface area contributed by atoms with Crippen molar-refractivity contribution in [1.29, 1.82) is 0 Å². The molecule has 6 nitrogen and oxygen atoms in total. The number of aromatic nitrogens is 2. The molecule has 1 aromatic carbocycles. The lowest BCUT2D eigenvalue weighted by molar-refractivity contribution is -0.121. The topological polar surface area (TPSA) is 75.2 Å². The van der Waals surface area contributed by atoms with Crippen LogP contribution in [0.3, 0.4) is 0 Å². The molecule has 1 N–H and O–H groups in total. The summed E-state index contributed by atoms with van der Waals surface area (Å²) >= 11 is 8.73. The highest BCUT2D eigenvalue weighted by molar-refractivity contribution is 7.15. The molecule has 9 heteroatoms. The Morgan fingerprint density at radius 3 is 2.59 bits per heavy atom. The van der Waals surface area contributed by atoms with Crippen LogP contribution in [0.4, 0.5) is 5.13 Å². The molecule has 0 atom stereocenters. The van der Waals surface area contributed by atoms with Gasteiger partial charge in [0.15, 0.2) is 0 Å². The van der Waals surface area contributed by atoms with Gasteiger partial charge in [0.1, 0.15) is 5.01 Å². The first kappa shape index (κ1) is 20.0. The number of hydrogen-bond donors (Lipinski definition) is 1. The van der Waals surface area contributed by atoms with E-state index in [0.717, 1.165) is 15.4 Å². The summed E-state index contributed by atoms with van der Waals surface area (Å²) in [5.74, 6) is -0.122. The Morgan fingerprint density at radius 2 is 1.90 bits per heavy atom. The number of nitrogens with zero attached hydrogens (tertiary/aromatic N) is 3. The summed E-state index contributed by atoms with van der Waals surface area (Å²) in [6.45, 7) is 1.18. The number of hydrogen-bond acceptors (Lipinski definition) is 6. The van der Waals surface area contributed by atoms with Gasteiger partial charge in [-0.15, -0.1) is 21.5 Å². The van der Waals surface area contributed by atoms with Crippen LogP contribution in [0, 0.1) is 5.92 Å². The van der Waals surface area contributed by atoms with E-state index in [4.69, 9.17) is 11.6 Å². The van der Waals surface area contributed by atoms with Crippen molar-refractivity contribution in [3.63, 3.8) is 0 Å². The Hall–Kier alpha value is -2.29. The molecule has 1 fully saturated rings. The lowest BCUT2D eigenvalue weighted by Crippen LogP contribution is -2.41. The Morgan fingerprint density at radius 1 is 1.14 bits per heavy atom. The van der Waals surface area contributed by atoms with E-state index >= 15 is 0 Å². The minimum Gasteiger partial charge on any atom is -0.338 e. The molecule has 2 aromatic heterocycles. The van der Waals surface area contributed by atoms with E-state index in [2.05, 4.69) is 15.5 Å². The van der Waals surface area contributed by atoms with Gasteiger partial charge in [-0.2, -0.15) is 0 Å². The number of likely N-dealkylation sites (tertiary alicyclic amines) is 1. The van der Waals surface area contributed by atoms with Crippen molar-refractivity contribution in [2.75, 3.05) is 18.4 Å². The van der Waals surface area contributed by atoms with Crippen LogP contribution in [0.2, 0.25) is 5.02 Å². The fourth-order valence-electron chi connectivity index (χ4n) is 3.26. The smallest absolute Gasteiger partial charge is 0.263 e. The first-order valence-electron chi connectivity index (χ1n) is 9.29. The van der Waals surface area contributed by atoms with Gasteiger partial charge in [-0.25, -0.2) is 0 Å². The van der Waals surface area contributed by atoms with Gasteiger partial charge in [-0.1, -0.05) is 41.1 Å². The highest BCUT2D eigenvalue weighted by Crippen LogP contribution is 2.24. The third-order valence-electron chi connectivity index (χ3n) is 4.85. The van der Waals surface area contributed by atoms with Crippen molar-refractivity contribution in [2.45, 2.75) is 19.3 Å². The van der Waals surface area contributed by atoms with Gasteiger partial charge in [-0.05, 0) is 42.0 Å². The second-order valence-corrected chi connectivity index (χ2v) is 9.28. The Balaban J connectivity index is 1.28. The fraction of sp³-hybridized carbons (Fsp3) is 0.300. The van der Waals surface area contributed by atoms with Gasteiger partial charge in [0, 0.05) is 30.5 Å². The number of piperidine rings is 1. The number of nitrogens with one attached hydrogen (secondary N) is 1. The predicted octanol–water partition coefficient (Wildman–Crippen LogP) is 4.33. The predicted molar refractivity (Wildman–Crippen MR) is 116 cm³/mol. The molecule has 2 amide bonds. The molecular weight excluding hydrogens is 428 g/mol. The van der Waals surface area contributed by atoms with E-state index < -0.39 is 0 Å². The molecule has 0 unspecified atom stereocenters. The summed E-state index contributed by atoms with van der Waals surface area (Å²) in [6.07, 6.45) is 1.95. The lowest BCUT2D eigenvalue weighted by atomic mass is 9.96. The van der Waals surface area contributed by atoms with Crippen LogP contribution in [-0.2, 0) is 11.2 Å². The molecule has 0 radical (unpaired) electrons. The summed E-state index contributed by atoms with van der Waals surface area (Å²) < 4.78 is 0. The molecule has 1 saturated heterocycles. The number of carbonyl (C=O) groups is 2. The monoisotopic (exact) mass is 446 g/mol. The summed E-state index contributed by atoms with van der Waals surface area (Å²) in [4.78, 5) is 27.6. The van der Waals surface area contributed by atoms with E-state index in [1.807, 2.05) is 46.7 Å². The maximum atomic E-state index is 12.6. The fourth-order valence-corrected chi connectivity index (χ4v) is 4.85. The number of anilines is 1. The van der Waals surface area contributed by atoms with Crippen molar-refractivity contribution in [3.8, 4) is 0 Å². The van der Waals surface area contributed by atoms with Crippen LogP contribution in [0.5, 0.6) is 0 Å². The second-order valence-electron chi connectivity index (χ2n) is 6.84. The van der Waals surface area contributed by atoms with Gasteiger partial charge in [-0.3, -0.25) is 9.59 Å². The third kappa shape index (κ3) is 5.01. The summed E-state index contributed by atoms with van der Waals surface area (Å²) in [6, 6.07) is 11.3. The average Bonchev–Trinajstić information content (AvgIpc) is 3.42. The second kappa shape index (κ2) is 9.02. The third-order valence-corrected chi connectivity index (χ3v) is 6.80. The number of benzene rings is 1. The summed E-state index contributed by atoms with van der Waals surface area (Å²) in [5.41, 5.74) is 1.09. The van der Waals surface area contributed by atoms with Gasteiger partial charge in [0.25, 0.3) is 5.91 Å². The van der Waals surface area contributed by atoms with Gasteiger partial charge in [0.2, 0.25) is 11.0 Å². The molecule has 3 aromatic rings. The molecule has 1 aliphatic heterocycles. The van der Waals surface area contributed by atoms with Crippen LogP contribution in [-0.4, -0.2) is 40.0 Å². The van der Waals surface area contributed by atoms with Crippen LogP contribution < -0.4 is 5.32 Å². The normalized spacial score (nSPS) is 14.7. The van der Waals surface area contributed by atoms with Crippen molar-refractivity contribution < 1.29 is 9.59 Å². The molecule has 0 spiro atoms. The Labute approximate surface area is 181 Å². The van der Waals surface area contributed by atoms with Gasteiger partial charge in [0.05, 0.1) is 4.88 Å². The lowest BCUT2D eigenvalue weighted by Gasteiger charge is -2.30. The van der Waals surface area contributed by atoms with Crippen molar-refractivity contribution in [1.82, 2.24) is 15.1 Å². The molecule has 0 aliphatic carbocycles. The van der Waals surface area contributed by atoms with E-state index in [1.54, 1.807) is 0 Å². The highest BCUT2D eigenvalue weighted by Gasteiger charge is 2.28. The first-order valence-corrected chi connectivity index (χ1v) is 11.4. The molecule has 1 aliphatic rings. The standard InChI is InChI=1S/C20H19ClN4O2S2/c21-15-5-3-13(4-6-15)12-17-23-24-20(29-17)22-18(26)14-7-9-25(10-8-14)19(27)16-2-1-11-28-16/h1-6,11,14H,7-10,12H2,(H,22,24,26). The zero-order valence-corrected chi connectivity index (χ0v) is 17.9. The SMILES string of the molecule is O=C(Nc1nnc(Cc2ccc(Cl)cc2)s1)C1CCN(C(=O)c2cccs2)CC1. The quantitative estimate of drug-likeness (QED) is 0.632. The number of rotatable bonds is 5. The van der Waals surface area contributed by atoms with E-state index in [0.29, 0.717) is 42.5 Å². The maximum Gasteiger partial charge on any atom is 0.263 e. The molecule has 0 saturated carbocycles. The number of thiophene rings is 1. The van der Waals surface area contributed by atoms with Crippen LogP contribution in [0.1, 0.15) is 33.1 Å². The molecule has 29 heavy (non-hydrogen) atoms. The molecule has 0 bridgehead atoms. The zero-order chi connectivity index (χ0) is 20.2. The Bertz CT molecular complexity index is 980. The Kier molecular flexibility index (Phi) is 6.22. The summed E-state index contributed by atoms with van der Waals surface area (Å²) in [7, 11) is 0. The molecular formula is C20H19ClN4O2S2. The minimum absolute atomic E-state index is 0.0508. The number of carbonyl (C=O) groups excluding carboxylic acids is 2. The van der Waals surface area contributed by atoms with Crippen molar-refractivity contribution >= 4 is 51.2 Å². The van der Waals surface area contributed by atoms with Gasteiger partial charge < -0.3 is 10.2 Å². The molecule has 3 heterocycles. The number of halogens is 1. The van der Waals surface area contributed by atoms with Crippen LogP contribution >= 0.6 is 34.3 Å². The largest absolute Gasteiger partial charge is 0.338 e. The van der Waals surface area contributed by atoms with Crippen molar-refractivity contribution in [2.24, 2.45) is 5.92 Å². The average molecular weight is 447 g/mol. The highest BCUT2D eigenvalue weighted by atomic mass is 35.5. The maximum absolute atomic E-state index is 12.6. The molecule has 4 rings (SSSR count). The van der Waals surface area contributed by atoms with Crippen molar-refractivity contribution in [3.05, 3.63) is 62.2 Å². The van der Waals surface area contributed by atoms with E-state index in [9.17, 15) is 9.59 Å².